The van der Waals surface area contributed by atoms with Gasteiger partial charge in [0, 0.05) is 23.5 Å². The fourth-order valence-electron chi connectivity index (χ4n) is 2.23. The lowest BCUT2D eigenvalue weighted by molar-refractivity contribution is -0.146. The van der Waals surface area contributed by atoms with Crippen molar-refractivity contribution in [1.82, 2.24) is 4.98 Å². The zero-order valence-electron chi connectivity index (χ0n) is 11.6. The molecule has 0 spiro atoms. The van der Waals surface area contributed by atoms with E-state index in [2.05, 4.69) is 9.72 Å². The van der Waals surface area contributed by atoms with Crippen LogP contribution in [0.15, 0.2) is 18.3 Å². The van der Waals surface area contributed by atoms with Crippen molar-refractivity contribution >= 4 is 16.9 Å². The van der Waals surface area contributed by atoms with Crippen LogP contribution in [0.25, 0.3) is 10.9 Å². The first kappa shape index (κ1) is 14.3. The van der Waals surface area contributed by atoms with E-state index in [1.807, 2.05) is 0 Å². The van der Waals surface area contributed by atoms with E-state index in [0.717, 1.165) is 0 Å². The summed E-state index contributed by atoms with van der Waals surface area (Å²) in [5.74, 6) is -0.868. The van der Waals surface area contributed by atoms with Gasteiger partial charge in [0.25, 0.3) is 0 Å². The predicted molar refractivity (Wildman–Crippen MR) is 73.1 cm³/mol. The van der Waals surface area contributed by atoms with Gasteiger partial charge in [-0.2, -0.15) is 0 Å². The number of hydrogen-bond acceptors (Lipinski definition) is 4. The molecule has 1 atom stereocenters. The van der Waals surface area contributed by atoms with Gasteiger partial charge in [-0.3, -0.25) is 4.79 Å². The van der Waals surface area contributed by atoms with Crippen molar-refractivity contribution in [3.63, 3.8) is 0 Å². The Morgan fingerprint density at radius 2 is 2.15 bits per heavy atom. The number of fused-ring (bicyclic) bond motifs is 1. The number of ether oxygens (including phenoxy) is 2. The van der Waals surface area contributed by atoms with Gasteiger partial charge in [0.15, 0.2) is 11.6 Å². The summed E-state index contributed by atoms with van der Waals surface area (Å²) in [6.45, 7) is 1.55. The standard InChI is InChI=1S/C14H17FN2O3/c1-14(16,13(18)20-3)6-8-7-17-9-4-5-10(19-2)12(15)11(8)9/h4-5,7,17H,6,16H2,1-3H3/t14-/m0/s1. The highest BCUT2D eigenvalue weighted by atomic mass is 19.1. The Labute approximate surface area is 115 Å². The Morgan fingerprint density at radius 3 is 2.75 bits per heavy atom. The number of rotatable bonds is 4. The molecule has 0 bridgehead atoms. The fourth-order valence-corrected chi connectivity index (χ4v) is 2.23. The molecule has 108 valence electrons. The van der Waals surface area contributed by atoms with Crippen molar-refractivity contribution in [3.05, 3.63) is 29.7 Å². The summed E-state index contributed by atoms with van der Waals surface area (Å²) in [4.78, 5) is 14.6. The summed E-state index contributed by atoms with van der Waals surface area (Å²) in [5.41, 5.74) is 5.94. The number of H-pyrrole nitrogens is 1. The number of nitrogens with two attached hydrogens (primary N) is 1. The predicted octanol–water partition coefficient (Wildman–Crippen LogP) is 1.75. The Balaban J connectivity index is 2.48. The summed E-state index contributed by atoms with van der Waals surface area (Å²) in [7, 11) is 2.67. The minimum atomic E-state index is -1.22. The van der Waals surface area contributed by atoms with E-state index in [4.69, 9.17) is 10.5 Å². The van der Waals surface area contributed by atoms with Crippen LogP contribution in [-0.2, 0) is 16.0 Å². The van der Waals surface area contributed by atoms with Crippen molar-refractivity contribution in [1.29, 1.82) is 0 Å². The van der Waals surface area contributed by atoms with E-state index in [1.165, 1.54) is 14.2 Å². The van der Waals surface area contributed by atoms with Gasteiger partial charge >= 0.3 is 5.97 Å². The number of benzene rings is 1. The quantitative estimate of drug-likeness (QED) is 0.836. The van der Waals surface area contributed by atoms with Crippen LogP contribution < -0.4 is 10.5 Å². The molecule has 0 aliphatic rings. The van der Waals surface area contributed by atoms with Crippen LogP contribution in [0.1, 0.15) is 12.5 Å². The van der Waals surface area contributed by atoms with E-state index in [1.54, 1.807) is 25.3 Å². The van der Waals surface area contributed by atoms with Crippen molar-refractivity contribution in [3.8, 4) is 5.75 Å². The number of methoxy groups -OCH3 is 2. The normalized spacial score (nSPS) is 14.1. The number of halogens is 1. The number of carbonyl (C=O) groups excluding carboxylic acids is 1. The molecule has 1 aromatic carbocycles. The molecule has 0 aliphatic heterocycles. The van der Waals surface area contributed by atoms with Crippen molar-refractivity contribution in [2.45, 2.75) is 18.9 Å². The van der Waals surface area contributed by atoms with E-state index < -0.39 is 17.3 Å². The first-order valence-electron chi connectivity index (χ1n) is 6.10. The molecule has 6 heteroatoms. The number of nitrogens with one attached hydrogen (secondary N) is 1. The van der Waals surface area contributed by atoms with Crippen LogP contribution in [0.5, 0.6) is 5.75 Å². The summed E-state index contributed by atoms with van der Waals surface area (Å²) in [5, 5.41) is 0.380. The molecule has 0 fully saturated rings. The lowest BCUT2D eigenvalue weighted by Crippen LogP contribution is -2.47. The van der Waals surface area contributed by atoms with Gasteiger partial charge in [0.1, 0.15) is 5.54 Å². The maximum absolute atomic E-state index is 14.3. The van der Waals surface area contributed by atoms with Gasteiger partial charge in [-0.05, 0) is 24.6 Å². The lowest BCUT2D eigenvalue weighted by atomic mass is 9.93. The number of aromatic nitrogens is 1. The Kier molecular flexibility index (Phi) is 3.67. The van der Waals surface area contributed by atoms with E-state index >= 15 is 0 Å². The van der Waals surface area contributed by atoms with Crippen LogP contribution in [-0.4, -0.2) is 30.7 Å². The molecule has 0 saturated heterocycles. The molecule has 2 rings (SSSR count). The highest BCUT2D eigenvalue weighted by Crippen LogP contribution is 2.30. The number of carbonyl (C=O) groups is 1. The molecule has 20 heavy (non-hydrogen) atoms. The monoisotopic (exact) mass is 280 g/mol. The Bertz CT molecular complexity index is 649. The number of esters is 1. The molecule has 0 saturated carbocycles. The molecule has 1 aromatic heterocycles. The first-order valence-corrected chi connectivity index (χ1v) is 6.10. The number of hydrogen-bond donors (Lipinski definition) is 2. The minimum absolute atomic E-state index is 0.148. The summed E-state index contributed by atoms with van der Waals surface area (Å²) in [6, 6.07) is 3.26. The molecule has 3 N–H and O–H groups in total. The van der Waals surface area contributed by atoms with Crippen molar-refractivity contribution in [2.24, 2.45) is 5.73 Å². The Morgan fingerprint density at radius 1 is 1.45 bits per heavy atom. The maximum atomic E-state index is 14.3. The highest BCUT2D eigenvalue weighted by Gasteiger charge is 2.31. The van der Waals surface area contributed by atoms with Gasteiger partial charge in [0.05, 0.1) is 14.2 Å². The summed E-state index contributed by atoms with van der Waals surface area (Å²) >= 11 is 0. The van der Waals surface area contributed by atoms with E-state index in [0.29, 0.717) is 16.5 Å². The third-order valence-corrected chi connectivity index (χ3v) is 3.26. The molecule has 0 amide bonds. The molecule has 5 nitrogen and oxygen atoms in total. The third-order valence-electron chi connectivity index (χ3n) is 3.26. The second kappa shape index (κ2) is 5.13. The lowest BCUT2D eigenvalue weighted by Gasteiger charge is -2.21. The second-order valence-electron chi connectivity index (χ2n) is 4.90. The number of aromatic amines is 1. The highest BCUT2D eigenvalue weighted by molar-refractivity contribution is 5.87. The van der Waals surface area contributed by atoms with Gasteiger partial charge in [-0.1, -0.05) is 0 Å². The van der Waals surface area contributed by atoms with Crippen LogP contribution in [0.4, 0.5) is 4.39 Å². The fraction of sp³-hybridized carbons (Fsp3) is 0.357. The SMILES string of the molecule is COC(=O)[C@@](C)(N)Cc1c[nH]c2ccc(OC)c(F)c12. The van der Waals surface area contributed by atoms with Crippen molar-refractivity contribution < 1.29 is 18.7 Å². The van der Waals surface area contributed by atoms with E-state index in [-0.39, 0.29) is 12.2 Å². The minimum Gasteiger partial charge on any atom is -0.494 e. The average Bonchev–Trinajstić information content (AvgIpc) is 2.81. The molecule has 2 aromatic rings. The largest absolute Gasteiger partial charge is 0.494 e. The third kappa shape index (κ3) is 2.34. The van der Waals surface area contributed by atoms with Gasteiger partial charge < -0.3 is 20.2 Å². The van der Waals surface area contributed by atoms with Gasteiger partial charge in [0.2, 0.25) is 0 Å². The average molecular weight is 280 g/mol. The van der Waals surface area contributed by atoms with Crippen LogP contribution in [0.2, 0.25) is 0 Å². The van der Waals surface area contributed by atoms with Crippen LogP contribution in [0, 0.1) is 5.82 Å². The molecular formula is C14H17FN2O3. The Hall–Kier alpha value is -2.08. The zero-order valence-corrected chi connectivity index (χ0v) is 11.6. The zero-order chi connectivity index (χ0) is 14.9. The summed E-state index contributed by atoms with van der Waals surface area (Å²) < 4.78 is 23.9. The maximum Gasteiger partial charge on any atom is 0.325 e. The molecule has 0 aliphatic carbocycles. The second-order valence-corrected chi connectivity index (χ2v) is 4.90. The molecule has 1 heterocycles. The topological polar surface area (TPSA) is 77.3 Å². The smallest absolute Gasteiger partial charge is 0.325 e. The van der Waals surface area contributed by atoms with Crippen LogP contribution in [0.3, 0.4) is 0 Å². The molecule has 0 radical (unpaired) electrons. The van der Waals surface area contributed by atoms with Crippen LogP contribution >= 0.6 is 0 Å². The van der Waals surface area contributed by atoms with Crippen molar-refractivity contribution in [2.75, 3.05) is 14.2 Å². The van der Waals surface area contributed by atoms with Gasteiger partial charge in [-0.25, -0.2) is 4.39 Å². The first-order chi connectivity index (χ1) is 9.40. The van der Waals surface area contributed by atoms with E-state index in [9.17, 15) is 9.18 Å². The summed E-state index contributed by atoms with van der Waals surface area (Å²) in [6.07, 6.45) is 1.80. The molecule has 0 unspecified atom stereocenters. The molecular weight excluding hydrogens is 263 g/mol. The van der Waals surface area contributed by atoms with Gasteiger partial charge in [-0.15, -0.1) is 0 Å².